The maximum Gasteiger partial charge on any atom is 0.319 e. The lowest BCUT2D eigenvalue weighted by atomic mass is 9.94. The zero-order valence-electron chi connectivity index (χ0n) is 15.0. The predicted molar refractivity (Wildman–Crippen MR) is 102 cm³/mol. The number of amides is 2. The molecule has 9 heteroatoms. The van der Waals surface area contributed by atoms with Gasteiger partial charge in [0.15, 0.2) is 15.6 Å². The Bertz CT molecular complexity index is 968. The van der Waals surface area contributed by atoms with Gasteiger partial charge in [-0.2, -0.15) is 0 Å². The molecule has 0 fully saturated rings. The zero-order valence-corrected chi connectivity index (χ0v) is 16.5. The Morgan fingerprint density at radius 3 is 2.78 bits per heavy atom. The lowest BCUT2D eigenvalue weighted by Crippen LogP contribution is -2.34. The first-order chi connectivity index (χ1) is 12.7. The molecule has 1 aliphatic carbocycles. The number of phenolic OH excluding ortho intramolecular Hbond substituents is 1. The number of aromatic hydroxyl groups is 1. The SMILES string of the molecule is CC(C)S(=O)(=O)c1c(Cl)ccc(NC(=O)N[C@H]2CCCc3ccoc32)c1O. The van der Waals surface area contributed by atoms with Crippen molar-refractivity contribution in [2.45, 2.75) is 49.3 Å². The number of phenols is 1. The first kappa shape index (κ1) is 19.6. The molecule has 1 atom stereocenters. The fraction of sp³-hybridized carbons (Fsp3) is 0.389. The molecule has 3 N–H and O–H groups in total. The predicted octanol–water partition coefficient (Wildman–Crippen LogP) is 4.02. The highest BCUT2D eigenvalue weighted by molar-refractivity contribution is 7.92. The number of nitrogens with one attached hydrogen (secondary N) is 2. The van der Waals surface area contributed by atoms with E-state index >= 15 is 0 Å². The normalized spacial score (nSPS) is 16.8. The molecule has 1 aliphatic rings. The van der Waals surface area contributed by atoms with E-state index in [1.807, 2.05) is 6.07 Å². The Morgan fingerprint density at radius 2 is 2.07 bits per heavy atom. The molecule has 0 radical (unpaired) electrons. The minimum Gasteiger partial charge on any atom is -0.504 e. The first-order valence-electron chi connectivity index (χ1n) is 8.61. The van der Waals surface area contributed by atoms with Crippen LogP contribution in [0.1, 0.15) is 44.1 Å². The van der Waals surface area contributed by atoms with Gasteiger partial charge < -0.3 is 20.2 Å². The first-order valence-corrected chi connectivity index (χ1v) is 10.5. The van der Waals surface area contributed by atoms with E-state index in [9.17, 15) is 18.3 Å². The van der Waals surface area contributed by atoms with Crippen molar-refractivity contribution in [1.29, 1.82) is 0 Å². The third kappa shape index (κ3) is 3.77. The summed E-state index contributed by atoms with van der Waals surface area (Å²) in [6, 6.07) is 3.72. The summed E-state index contributed by atoms with van der Waals surface area (Å²) in [5, 5.41) is 14.8. The highest BCUT2D eigenvalue weighted by Crippen LogP contribution is 2.39. The van der Waals surface area contributed by atoms with E-state index in [2.05, 4.69) is 10.6 Å². The van der Waals surface area contributed by atoms with E-state index in [0.29, 0.717) is 0 Å². The number of carbonyl (C=O) groups excluding carboxylic acids is 1. The van der Waals surface area contributed by atoms with Crippen LogP contribution in [-0.4, -0.2) is 24.8 Å². The second kappa shape index (κ2) is 7.44. The summed E-state index contributed by atoms with van der Waals surface area (Å²) in [4.78, 5) is 12.0. The fourth-order valence-electron chi connectivity index (χ4n) is 3.10. The molecular formula is C18H21ClN2O5S. The highest BCUT2D eigenvalue weighted by atomic mass is 35.5. The van der Waals surface area contributed by atoms with Crippen LogP contribution >= 0.6 is 11.6 Å². The zero-order chi connectivity index (χ0) is 19.8. The van der Waals surface area contributed by atoms with Crippen molar-refractivity contribution in [3.05, 3.63) is 40.8 Å². The van der Waals surface area contributed by atoms with Crippen LogP contribution in [0.2, 0.25) is 5.02 Å². The number of halogens is 1. The second-order valence-electron chi connectivity index (χ2n) is 6.72. The largest absolute Gasteiger partial charge is 0.504 e. The highest BCUT2D eigenvalue weighted by Gasteiger charge is 2.29. The quantitative estimate of drug-likeness (QED) is 0.657. The lowest BCUT2D eigenvalue weighted by Gasteiger charge is -2.22. The summed E-state index contributed by atoms with van der Waals surface area (Å²) in [5.41, 5.74) is 1.03. The van der Waals surface area contributed by atoms with Gasteiger partial charge in [0.25, 0.3) is 0 Å². The van der Waals surface area contributed by atoms with E-state index in [0.717, 1.165) is 30.6 Å². The van der Waals surface area contributed by atoms with Crippen molar-refractivity contribution in [2.24, 2.45) is 0 Å². The van der Waals surface area contributed by atoms with Crippen molar-refractivity contribution in [3.63, 3.8) is 0 Å². The smallest absolute Gasteiger partial charge is 0.319 e. The minimum absolute atomic E-state index is 0.0356. The summed E-state index contributed by atoms with van der Waals surface area (Å²) >= 11 is 5.99. The van der Waals surface area contributed by atoms with E-state index in [1.54, 1.807) is 6.26 Å². The maximum absolute atomic E-state index is 12.5. The summed E-state index contributed by atoms with van der Waals surface area (Å²) in [7, 11) is -3.82. The molecule has 0 bridgehead atoms. The maximum atomic E-state index is 12.5. The van der Waals surface area contributed by atoms with Gasteiger partial charge in [0, 0.05) is 0 Å². The number of fused-ring (bicyclic) bond motifs is 1. The average Bonchev–Trinajstić information content (AvgIpc) is 3.07. The summed E-state index contributed by atoms with van der Waals surface area (Å²) in [6.07, 6.45) is 4.14. The van der Waals surface area contributed by atoms with Gasteiger partial charge in [-0.05, 0) is 56.9 Å². The Kier molecular flexibility index (Phi) is 5.39. The van der Waals surface area contributed by atoms with Crippen LogP contribution in [-0.2, 0) is 16.3 Å². The van der Waals surface area contributed by atoms with Gasteiger partial charge >= 0.3 is 6.03 Å². The number of urea groups is 1. The van der Waals surface area contributed by atoms with Crippen LogP contribution in [0.15, 0.2) is 33.8 Å². The molecule has 0 unspecified atom stereocenters. The summed E-state index contributed by atoms with van der Waals surface area (Å²) < 4.78 is 30.4. The van der Waals surface area contributed by atoms with E-state index in [-0.39, 0.29) is 21.6 Å². The molecule has 2 amide bonds. The van der Waals surface area contributed by atoms with Crippen LogP contribution in [0.5, 0.6) is 5.75 Å². The Morgan fingerprint density at radius 1 is 1.33 bits per heavy atom. The standard InChI is InChI=1S/C18H21ClN2O5S/c1-10(2)27(24,25)17-12(19)6-7-13(15(17)22)20-18(23)21-14-5-3-4-11-8-9-26-16(11)14/h6-10,14,22H,3-5H2,1-2H3,(H2,20,21,23)/t14-/m0/s1. The molecule has 3 rings (SSSR count). The number of furan rings is 1. The van der Waals surface area contributed by atoms with Crippen LogP contribution in [0.3, 0.4) is 0 Å². The summed E-state index contributed by atoms with van der Waals surface area (Å²) in [5.74, 6) is 0.147. The number of hydrogen-bond donors (Lipinski definition) is 3. The number of sulfone groups is 1. The van der Waals surface area contributed by atoms with E-state index in [4.69, 9.17) is 16.0 Å². The van der Waals surface area contributed by atoms with E-state index < -0.39 is 26.9 Å². The van der Waals surface area contributed by atoms with Crippen molar-refractivity contribution < 1.29 is 22.7 Å². The van der Waals surface area contributed by atoms with Crippen molar-refractivity contribution in [1.82, 2.24) is 5.32 Å². The van der Waals surface area contributed by atoms with Gasteiger partial charge in [-0.25, -0.2) is 13.2 Å². The molecule has 0 aliphatic heterocycles. The number of hydrogen-bond acceptors (Lipinski definition) is 5. The molecule has 27 heavy (non-hydrogen) atoms. The monoisotopic (exact) mass is 412 g/mol. The van der Waals surface area contributed by atoms with Crippen molar-refractivity contribution in [3.8, 4) is 5.75 Å². The Labute approximate surface area is 162 Å². The molecule has 1 aromatic carbocycles. The van der Waals surface area contributed by atoms with E-state index in [1.165, 1.54) is 26.0 Å². The topological polar surface area (TPSA) is 109 Å². The third-order valence-corrected chi connectivity index (χ3v) is 7.23. The van der Waals surface area contributed by atoms with Gasteiger partial charge in [0.2, 0.25) is 0 Å². The number of carbonyl (C=O) groups is 1. The molecule has 146 valence electrons. The molecule has 7 nitrogen and oxygen atoms in total. The third-order valence-electron chi connectivity index (χ3n) is 4.58. The number of benzene rings is 1. The summed E-state index contributed by atoms with van der Waals surface area (Å²) in [6.45, 7) is 2.98. The van der Waals surface area contributed by atoms with Crippen molar-refractivity contribution in [2.75, 3.05) is 5.32 Å². The van der Waals surface area contributed by atoms with Gasteiger partial charge in [0.05, 0.1) is 28.3 Å². The molecule has 0 saturated carbocycles. The van der Waals surface area contributed by atoms with Crippen LogP contribution < -0.4 is 10.6 Å². The fourth-order valence-corrected chi connectivity index (χ4v) is 4.76. The molecular weight excluding hydrogens is 392 g/mol. The number of anilines is 1. The average molecular weight is 413 g/mol. The lowest BCUT2D eigenvalue weighted by molar-refractivity contribution is 0.244. The Hall–Kier alpha value is -2.19. The second-order valence-corrected chi connectivity index (χ2v) is 9.57. The van der Waals surface area contributed by atoms with Gasteiger partial charge in [-0.3, -0.25) is 0 Å². The van der Waals surface area contributed by atoms with Crippen LogP contribution in [0.4, 0.5) is 10.5 Å². The molecule has 1 heterocycles. The molecule has 0 spiro atoms. The molecule has 1 aromatic heterocycles. The molecule has 2 aromatic rings. The van der Waals surface area contributed by atoms with Gasteiger partial charge in [0.1, 0.15) is 10.7 Å². The Balaban J connectivity index is 1.82. The molecule has 0 saturated heterocycles. The van der Waals surface area contributed by atoms with Crippen LogP contribution in [0.25, 0.3) is 0 Å². The number of rotatable bonds is 4. The van der Waals surface area contributed by atoms with Gasteiger partial charge in [-0.15, -0.1) is 0 Å². The van der Waals surface area contributed by atoms with Crippen molar-refractivity contribution >= 4 is 33.2 Å². The minimum atomic E-state index is -3.82. The van der Waals surface area contributed by atoms with Gasteiger partial charge in [-0.1, -0.05) is 11.6 Å². The number of aryl methyl sites for hydroxylation is 1. The van der Waals surface area contributed by atoms with Crippen LogP contribution in [0, 0.1) is 0 Å².